The molecule has 0 bridgehead atoms. The van der Waals surface area contributed by atoms with E-state index in [1.54, 1.807) is 0 Å². The highest BCUT2D eigenvalue weighted by molar-refractivity contribution is 7.13. The van der Waals surface area contributed by atoms with Gasteiger partial charge in [-0.2, -0.15) is 9.36 Å². The topological polar surface area (TPSA) is 87.4 Å². The van der Waals surface area contributed by atoms with Crippen LogP contribution in [0.4, 0.5) is 10.6 Å². The van der Waals surface area contributed by atoms with Crippen molar-refractivity contribution in [2.24, 2.45) is 0 Å². The Kier molecular flexibility index (Phi) is 4.93. The molecule has 0 saturated carbocycles. The van der Waals surface area contributed by atoms with E-state index in [9.17, 15) is 4.79 Å². The number of carbonyl (C=O) groups excluding carboxylic acids is 1. The molecular formula is C18H22N6O2S. The van der Waals surface area contributed by atoms with Crippen molar-refractivity contribution in [3.63, 3.8) is 0 Å². The van der Waals surface area contributed by atoms with Crippen LogP contribution in [0.1, 0.15) is 31.5 Å². The Morgan fingerprint density at radius 1 is 1.26 bits per heavy atom. The quantitative estimate of drug-likeness (QED) is 0.742. The number of hydrogen-bond acceptors (Lipinski definition) is 7. The van der Waals surface area contributed by atoms with E-state index < -0.39 is 0 Å². The van der Waals surface area contributed by atoms with Crippen molar-refractivity contribution in [3.8, 4) is 0 Å². The van der Waals surface area contributed by atoms with E-state index in [1.165, 1.54) is 21.6 Å². The summed E-state index contributed by atoms with van der Waals surface area (Å²) >= 11 is 1.52. The average molecular weight is 386 g/mol. The zero-order chi connectivity index (χ0) is 18.8. The molecule has 1 fully saturated rings. The number of piperazine rings is 1. The minimum atomic E-state index is -0.103. The van der Waals surface area contributed by atoms with Gasteiger partial charge in [-0.15, -0.1) is 0 Å². The Balaban J connectivity index is 1.31. The Labute approximate surface area is 161 Å². The van der Waals surface area contributed by atoms with Crippen LogP contribution in [0.3, 0.4) is 0 Å². The van der Waals surface area contributed by atoms with Crippen LogP contribution >= 0.6 is 11.5 Å². The summed E-state index contributed by atoms with van der Waals surface area (Å²) in [6, 6.07) is 8.15. The molecule has 1 aliphatic rings. The smallest absolute Gasteiger partial charge is 0.317 e. The molecule has 2 aromatic heterocycles. The van der Waals surface area contributed by atoms with Gasteiger partial charge in [0.1, 0.15) is 5.82 Å². The molecule has 1 N–H and O–H groups in total. The second-order valence-electron chi connectivity index (χ2n) is 6.84. The van der Waals surface area contributed by atoms with Crippen LogP contribution in [-0.2, 0) is 6.54 Å². The second kappa shape index (κ2) is 7.51. The molecule has 142 valence electrons. The summed E-state index contributed by atoms with van der Waals surface area (Å²) in [5, 5.41) is 7.94. The van der Waals surface area contributed by atoms with Gasteiger partial charge in [0.25, 0.3) is 0 Å². The van der Waals surface area contributed by atoms with E-state index in [0.29, 0.717) is 24.8 Å². The van der Waals surface area contributed by atoms with Gasteiger partial charge in [0, 0.05) is 37.5 Å². The summed E-state index contributed by atoms with van der Waals surface area (Å²) in [6.07, 6.45) is 0. The zero-order valence-electron chi connectivity index (χ0n) is 15.4. The molecule has 2 amide bonds. The molecule has 0 aliphatic carbocycles. The number of benzene rings is 1. The molecule has 8 nitrogen and oxygen atoms in total. The fourth-order valence-electron chi connectivity index (χ4n) is 3.06. The van der Waals surface area contributed by atoms with Crippen molar-refractivity contribution in [2.75, 3.05) is 31.1 Å². The van der Waals surface area contributed by atoms with E-state index in [1.807, 2.05) is 30.9 Å². The lowest BCUT2D eigenvalue weighted by atomic mass is 10.2. The number of amides is 2. The number of fused-ring (bicyclic) bond motifs is 1. The second-order valence-corrected chi connectivity index (χ2v) is 7.64. The van der Waals surface area contributed by atoms with Gasteiger partial charge in [-0.3, -0.25) is 0 Å². The highest BCUT2D eigenvalue weighted by Crippen LogP contribution is 2.29. The standard InChI is InChI=1S/C18H22N6O2S/c1-12(2)17-20-15(21-26-17)11-19-18(25)24-9-7-23(8-10-24)16-13-5-3-4-6-14(13)27-22-16/h3-6,12H,7-11H2,1-2H3,(H,19,25). The van der Waals surface area contributed by atoms with E-state index in [4.69, 9.17) is 4.52 Å². The van der Waals surface area contributed by atoms with Gasteiger partial charge in [-0.1, -0.05) is 31.1 Å². The van der Waals surface area contributed by atoms with Crippen molar-refractivity contribution >= 4 is 33.5 Å². The summed E-state index contributed by atoms with van der Waals surface area (Å²) in [5.74, 6) is 2.28. The van der Waals surface area contributed by atoms with E-state index in [-0.39, 0.29) is 18.5 Å². The third-order valence-electron chi connectivity index (χ3n) is 4.60. The normalized spacial score (nSPS) is 14.9. The molecule has 3 aromatic rings. The van der Waals surface area contributed by atoms with Crippen molar-refractivity contribution < 1.29 is 9.32 Å². The summed E-state index contributed by atoms with van der Waals surface area (Å²) in [7, 11) is 0. The highest BCUT2D eigenvalue weighted by Gasteiger charge is 2.24. The summed E-state index contributed by atoms with van der Waals surface area (Å²) in [5.41, 5.74) is 0. The zero-order valence-corrected chi connectivity index (χ0v) is 16.2. The Hall–Kier alpha value is -2.68. The molecule has 0 radical (unpaired) electrons. The van der Waals surface area contributed by atoms with Crippen LogP contribution in [0.25, 0.3) is 10.1 Å². The largest absolute Gasteiger partial charge is 0.352 e. The van der Waals surface area contributed by atoms with Gasteiger partial charge in [-0.05, 0) is 23.7 Å². The number of nitrogens with one attached hydrogen (secondary N) is 1. The maximum atomic E-state index is 12.4. The molecule has 9 heteroatoms. The van der Waals surface area contributed by atoms with Crippen molar-refractivity contribution in [1.29, 1.82) is 0 Å². The van der Waals surface area contributed by atoms with Gasteiger partial charge in [0.05, 0.1) is 11.2 Å². The average Bonchev–Trinajstić information content (AvgIpc) is 3.33. The molecule has 1 aliphatic heterocycles. The molecule has 1 aromatic carbocycles. The van der Waals surface area contributed by atoms with Crippen LogP contribution < -0.4 is 10.2 Å². The minimum Gasteiger partial charge on any atom is -0.352 e. The number of aromatic nitrogens is 3. The third kappa shape index (κ3) is 3.73. The maximum absolute atomic E-state index is 12.4. The third-order valence-corrected chi connectivity index (χ3v) is 5.42. The Bertz CT molecular complexity index is 929. The van der Waals surface area contributed by atoms with Gasteiger partial charge in [0.15, 0.2) is 5.82 Å². The van der Waals surface area contributed by atoms with Crippen LogP contribution in [-0.4, -0.2) is 51.6 Å². The first-order valence-corrected chi connectivity index (χ1v) is 9.84. The molecule has 4 rings (SSSR count). The lowest BCUT2D eigenvalue weighted by Crippen LogP contribution is -2.51. The fraction of sp³-hybridized carbons (Fsp3) is 0.444. The predicted octanol–water partition coefficient (Wildman–Crippen LogP) is 2.83. The first-order chi connectivity index (χ1) is 13.1. The number of rotatable bonds is 4. The molecule has 27 heavy (non-hydrogen) atoms. The fourth-order valence-corrected chi connectivity index (χ4v) is 3.86. The van der Waals surface area contributed by atoms with E-state index in [0.717, 1.165) is 18.9 Å². The summed E-state index contributed by atoms with van der Waals surface area (Å²) < 4.78 is 10.9. The molecule has 3 heterocycles. The van der Waals surface area contributed by atoms with E-state index in [2.05, 4.69) is 36.9 Å². The van der Waals surface area contributed by atoms with Crippen LogP contribution in [0.5, 0.6) is 0 Å². The molecule has 0 spiro atoms. The number of nitrogens with zero attached hydrogens (tertiary/aromatic N) is 5. The summed E-state index contributed by atoms with van der Waals surface area (Å²) in [6.45, 7) is 7.08. The van der Waals surface area contributed by atoms with Crippen LogP contribution in [0, 0.1) is 0 Å². The predicted molar refractivity (Wildman–Crippen MR) is 104 cm³/mol. The number of hydrogen-bond donors (Lipinski definition) is 1. The molecule has 1 saturated heterocycles. The monoisotopic (exact) mass is 386 g/mol. The lowest BCUT2D eigenvalue weighted by molar-refractivity contribution is 0.193. The van der Waals surface area contributed by atoms with Gasteiger partial charge in [-0.25, -0.2) is 4.79 Å². The van der Waals surface area contributed by atoms with E-state index >= 15 is 0 Å². The number of anilines is 1. The van der Waals surface area contributed by atoms with Crippen molar-refractivity contribution in [1.82, 2.24) is 24.7 Å². The van der Waals surface area contributed by atoms with Gasteiger partial charge in [0.2, 0.25) is 5.89 Å². The molecule has 0 atom stereocenters. The summed E-state index contributed by atoms with van der Waals surface area (Å²) in [4.78, 5) is 20.8. The number of urea groups is 1. The highest BCUT2D eigenvalue weighted by atomic mass is 32.1. The molecular weight excluding hydrogens is 364 g/mol. The maximum Gasteiger partial charge on any atom is 0.317 e. The Morgan fingerprint density at radius 2 is 2.04 bits per heavy atom. The van der Waals surface area contributed by atoms with Crippen LogP contribution in [0.2, 0.25) is 0 Å². The van der Waals surface area contributed by atoms with Crippen LogP contribution in [0.15, 0.2) is 28.8 Å². The lowest BCUT2D eigenvalue weighted by Gasteiger charge is -2.35. The van der Waals surface area contributed by atoms with Gasteiger partial charge >= 0.3 is 6.03 Å². The van der Waals surface area contributed by atoms with Crippen molar-refractivity contribution in [3.05, 3.63) is 36.0 Å². The Morgan fingerprint density at radius 3 is 2.78 bits per heavy atom. The SMILES string of the molecule is CC(C)c1nc(CNC(=O)N2CCN(c3nsc4ccccc34)CC2)no1. The van der Waals surface area contributed by atoms with Gasteiger partial charge < -0.3 is 19.6 Å². The van der Waals surface area contributed by atoms with Crippen molar-refractivity contribution in [2.45, 2.75) is 26.3 Å². The molecule has 0 unspecified atom stereocenters. The minimum absolute atomic E-state index is 0.103. The number of carbonyl (C=O) groups is 1. The first-order valence-electron chi connectivity index (χ1n) is 9.06. The first kappa shape index (κ1) is 17.7.